The van der Waals surface area contributed by atoms with Gasteiger partial charge in [-0.3, -0.25) is 0 Å². The quantitative estimate of drug-likeness (QED) is 0.833. The van der Waals surface area contributed by atoms with E-state index in [9.17, 15) is 4.79 Å². The van der Waals surface area contributed by atoms with Crippen LogP contribution in [-0.4, -0.2) is 49.4 Å². The van der Waals surface area contributed by atoms with Gasteiger partial charge in [0.1, 0.15) is 17.3 Å². The molecule has 7 nitrogen and oxygen atoms in total. The van der Waals surface area contributed by atoms with Crippen molar-refractivity contribution in [3.05, 3.63) is 42.1 Å². The molecule has 1 atom stereocenters. The Hall–Kier alpha value is -2.96. The maximum absolute atomic E-state index is 11.0. The van der Waals surface area contributed by atoms with Gasteiger partial charge in [-0.15, -0.1) is 0 Å². The third-order valence-corrected chi connectivity index (χ3v) is 4.21. The number of methoxy groups -OCH3 is 2. The molecule has 1 fully saturated rings. The van der Waals surface area contributed by atoms with Crippen LogP contribution in [0.5, 0.6) is 11.5 Å². The van der Waals surface area contributed by atoms with Crippen molar-refractivity contribution in [2.75, 3.05) is 37.5 Å². The SMILES string of the molecule is COc1cc(OC)cc(N2CCC(Nc3cccc(C(=O)O)n3)C2)c1. The van der Waals surface area contributed by atoms with E-state index in [1.807, 2.05) is 18.2 Å². The number of ether oxygens (including phenoxy) is 2. The number of rotatable bonds is 6. The van der Waals surface area contributed by atoms with Crippen LogP contribution in [-0.2, 0) is 0 Å². The van der Waals surface area contributed by atoms with Gasteiger partial charge < -0.3 is 24.8 Å². The first-order valence-electron chi connectivity index (χ1n) is 8.04. The van der Waals surface area contributed by atoms with Crippen LogP contribution < -0.4 is 19.7 Å². The third kappa shape index (κ3) is 3.93. The molecule has 1 saturated heterocycles. The van der Waals surface area contributed by atoms with E-state index in [2.05, 4.69) is 15.2 Å². The van der Waals surface area contributed by atoms with Gasteiger partial charge in [0, 0.05) is 43.0 Å². The molecule has 1 aromatic carbocycles. The fourth-order valence-corrected chi connectivity index (χ4v) is 2.93. The predicted molar refractivity (Wildman–Crippen MR) is 95.0 cm³/mol. The number of carboxylic acid groups (broad SMARTS) is 1. The summed E-state index contributed by atoms with van der Waals surface area (Å²) in [5.41, 5.74) is 1.07. The molecule has 0 aliphatic carbocycles. The van der Waals surface area contributed by atoms with Crippen molar-refractivity contribution in [1.29, 1.82) is 0 Å². The average molecular weight is 343 g/mol. The summed E-state index contributed by atoms with van der Waals surface area (Å²) in [6.07, 6.45) is 0.929. The highest BCUT2D eigenvalue weighted by molar-refractivity contribution is 5.85. The second kappa shape index (κ2) is 7.29. The van der Waals surface area contributed by atoms with E-state index < -0.39 is 5.97 Å². The Balaban J connectivity index is 1.70. The lowest BCUT2D eigenvalue weighted by molar-refractivity contribution is 0.0690. The number of carbonyl (C=O) groups is 1. The molecule has 25 heavy (non-hydrogen) atoms. The normalized spacial score (nSPS) is 16.6. The van der Waals surface area contributed by atoms with E-state index in [4.69, 9.17) is 14.6 Å². The molecule has 1 unspecified atom stereocenters. The zero-order chi connectivity index (χ0) is 17.8. The molecule has 132 valence electrons. The summed E-state index contributed by atoms with van der Waals surface area (Å²) in [7, 11) is 3.27. The van der Waals surface area contributed by atoms with Crippen molar-refractivity contribution in [1.82, 2.24) is 4.98 Å². The van der Waals surface area contributed by atoms with Crippen molar-refractivity contribution >= 4 is 17.5 Å². The predicted octanol–water partition coefficient (Wildman–Crippen LogP) is 2.49. The van der Waals surface area contributed by atoms with Gasteiger partial charge >= 0.3 is 5.97 Å². The number of hydrogen-bond acceptors (Lipinski definition) is 6. The molecule has 0 spiro atoms. The Morgan fingerprint density at radius 1 is 1.24 bits per heavy atom. The molecule has 0 bridgehead atoms. The highest BCUT2D eigenvalue weighted by atomic mass is 16.5. The number of aromatic carboxylic acids is 1. The molecule has 1 aliphatic rings. The van der Waals surface area contributed by atoms with Gasteiger partial charge in [-0.2, -0.15) is 0 Å². The van der Waals surface area contributed by atoms with E-state index in [1.165, 1.54) is 6.07 Å². The second-order valence-corrected chi connectivity index (χ2v) is 5.86. The number of carboxylic acids is 1. The minimum Gasteiger partial charge on any atom is -0.497 e. The zero-order valence-electron chi connectivity index (χ0n) is 14.2. The smallest absolute Gasteiger partial charge is 0.354 e. The number of pyridine rings is 1. The lowest BCUT2D eigenvalue weighted by Gasteiger charge is -2.21. The van der Waals surface area contributed by atoms with Crippen molar-refractivity contribution in [2.45, 2.75) is 12.5 Å². The monoisotopic (exact) mass is 343 g/mol. The molecule has 3 rings (SSSR count). The van der Waals surface area contributed by atoms with E-state index >= 15 is 0 Å². The lowest BCUT2D eigenvalue weighted by atomic mass is 10.2. The molecule has 7 heteroatoms. The molecular formula is C18H21N3O4. The van der Waals surface area contributed by atoms with Gasteiger partial charge in [-0.25, -0.2) is 9.78 Å². The first kappa shape index (κ1) is 16.9. The van der Waals surface area contributed by atoms with Gasteiger partial charge in [0.25, 0.3) is 0 Å². The summed E-state index contributed by atoms with van der Waals surface area (Å²) in [4.78, 5) is 17.4. The fourth-order valence-electron chi connectivity index (χ4n) is 2.93. The van der Waals surface area contributed by atoms with Crippen LogP contribution in [0.4, 0.5) is 11.5 Å². The number of benzene rings is 1. The van der Waals surface area contributed by atoms with Gasteiger partial charge in [-0.05, 0) is 18.6 Å². The number of hydrogen-bond donors (Lipinski definition) is 2. The highest BCUT2D eigenvalue weighted by Crippen LogP contribution is 2.30. The number of anilines is 2. The van der Waals surface area contributed by atoms with Crippen molar-refractivity contribution < 1.29 is 19.4 Å². The Morgan fingerprint density at radius 3 is 2.60 bits per heavy atom. The molecule has 2 N–H and O–H groups in total. The first-order valence-corrected chi connectivity index (χ1v) is 8.04. The van der Waals surface area contributed by atoms with Crippen LogP contribution in [0.15, 0.2) is 36.4 Å². The molecule has 2 heterocycles. The minimum atomic E-state index is -1.03. The number of aromatic nitrogens is 1. The van der Waals surface area contributed by atoms with Crippen molar-refractivity contribution in [3.63, 3.8) is 0 Å². The Labute approximate surface area is 146 Å². The summed E-state index contributed by atoms with van der Waals surface area (Å²) in [5, 5.41) is 12.4. The zero-order valence-corrected chi connectivity index (χ0v) is 14.2. The molecule has 2 aromatic rings. The van der Waals surface area contributed by atoms with E-state index in [-0.39, 0.29) is 11.7 Å². The molecule has 1 aliphatic heterocycles. The van der Waals surface area contributed by atoms with E-state index in [1.54, 1.807) is 26.4 Å². The van der Waals surface area contributed by atoms with Crippen LogP contribution in [0, 0.1) is 0 Å². The summed E-state index contributed by atoms with van der Waals surface area (Å²) >= 11 is 0. The van der Waals surface area contributed by atoms with Crippen LogP contribution in [0.2, 0.25) is 0 Å². The maximum atomic E-state index is 11.0. The van der Waals surface area contributed by atoms with Gasteiger partial charge in [0.2, 0.25) is 0 Å². The molecule has 0 saturated carbocycles. The van der Waals surface area contributed by atoms with Gasteiger partial charge in [-0.1, -0.05) is 6.07 Å². The standard InChI is InChI=1S/C18H21N3O4/c1-24-14-8-13(9-15(10-14)25-2)21-7-6-12(11-21)19-17-5-3-4-16(20-17)18(22)23/h3-5,8-10,12H,6-7,11H2,1-2H3,(H,19,20)(H,22,23). The highest BCUT2D eigenvalue weighted by Gasteiger charge is 2.24. The number of nitrogens with one attached hydrogen (secondary N) is 1. The molecule has 0 radical (unpaired) electrons. The largest absolute Gasteiger partial charge is 0.497 e. The van der Waals surface area contributed by atoms with Crippen molar-refractivity contribution in [2.24, 2.45) is 0 Å². The summed E-state index contributed by atoms with van der Waals surface area (Å²) in [5.74, 6) is 1.05. The molecular weight excluding hydrogens is 322 g/mol. The van der Waals surface area contributed by atoms with Gasteiger partial charge in [0.15, 0.2) is 5.69 Å². The summed E-state index contributed by atoms with van der Waals surface area (Å²) in [6, 6.07) is 11.0. The third-order valence-electron chi connectivity index (χ3n) is 4.21. The van der Waals surface area contributed by atoms with Gasteiger partial charge in [0.05, 0.1) is 14.2 Å². The second-order valence-electron chi connectivity index (χ2n) is 5.86. The Morgan fingerprint density at radius 2 is 1.96 bits per heavy atom. The van der Waals surface area contributed by atoms with Crippen LogP contribution in [0.3, 0.4) is 0 Å². The van der Waals surface area contributed by atoms with Crippen molar-refractivity contribution in [3.8, 4) is 11.5 Å². The molecule has 1 aromatic heterocycles. The minimum absolute atomic E-state index is 0.0392. The van der Waals surface area contributed by atoms with Crippen LogP contribution in [0.1, 0.15) is 16.9 Å². The fraction of sp³-hybridized carbons (Fsp3) is 0.333. The molecule has 0 amide bonds. The van der Waals surface area contributed by atoms with Crippen LogP contribution in [0.25, 0.3) is 0 Å². The first-order chi connectivity index (χ1) is 12.1. The summed E-state index contributed by atoms with van der Waals surface area (Å²) in [6.45, 7) is 1.67. The Kier molecular flexibility index (Phi) is 4.92. The lowest BCUT2D eigenvalue weighted by Crippen LogP contribution is -2.26. The summed E-state index contributed by atoms with van der Waals surface area (Å²) < 4.78 is 10.7. The Bertz CT molecular complexity index is 743. The maximum Gasteiger partial charge on any atom is 0.354 e. The van der Waals surface area contributed by atoms with Crippen LogP contribution >= 0.6 is 0 Å². The topological polar surface area (TPSA) is 83.9 Å². The van der Waals surface area contributed by atoms with E-state index in [0.29, 0.717) is 5.82 Å². The number of nitrogens with zero attached hydrogens (tertiary/aromatic N) is 2. The van der Waals surface area contributed by atoms with E-state index in [0.717, 1.165) is 36.7 Å². The average Bonchev–Trinajstić information content (AvgIpc) is 3.10.